The summed E-state index contributed by atoms with van der Waals surface area (Å²) in [7, 11) is 0. The summed E-state index contributed by atoms with van der Waals surface area (Å²) in [6.45, 7) is 0. The molecular formula is C20H15Cl2N5O3. The number of hydrogen-bond donors (Lipinski definition) is 4. The average molecular weight is 444 g/mol. The van der Waals surface area contributed by atoms with Crippen molar-refractivity contribution in [2.75, 3.05) is 16.0 Å². The predicted molar refractivity (Wildman–Crippen MR) is 116 cm³/mol. The first kappa shape index (κ1) is 19.9. The Balaban J connectivity index is 1.65. The molecule has 2 aromatic carbocycles. The zero-order chi connectivity index (χ0) is 21.3. The molecule has 1 aliphatic rings. The van der Waals surface area contributed by atoms with Gasteiger partial charge in [-0.15, -0.1) is 0 Å². The third-order valence-corrected chi connectivity index (χ3v) is 5.04. The Morgan fingerprint density at radius 2 is 1.87 bits per heavy atom. The maximum absolute atomic E-state index is 12.9. The molecule has 4 N–H and O–H groups in total. The molecule has 0 fully saturated rings. The first-order valence-corrected chi connectivity index (χ1v) is 9.68. The smallest absolute Gasteiger partial charge is 0.258 e. The van der Waals surface area contributed by atoms with Crippen LogP contribution in [0, 0.1) is 0 Å². The third kappa shape index (κ3) is 4.14. The second-order valence-corrected chi connectivity index (χ2v) is 7.43. The van der Waals surface area contributed by atoms with Gasteiger partial charge in [0.1, 0.15) is 5.82 Å². The van der Waals surface area contributed by atoms with Gasteiger partial charge in [-0.3, -0.25) is 19.4 Å². The largest absolute Gasteiger partial charge is 0.326 e. The Morgan fingerprint density at radius 1 is 1.10 bits per heavy atom. The number of nitrogens with zero attached hydrogens (tertiary/aromatic N) is 1. The number of carbonyl (C=O) groups excluding carboxylic acids is 2. The molecule has 0 bridgehead atoms. The molecule has 30 heavy (non-hydrogen) atoms. The van der Waals surface area contributed by atoms with E-state index in [0.29, 0.717) is 16.4 Å². The summed E-state index contributed by atoms with van der Waals surface area (Å²) in [4.78, 5) is 44.7. The summed E-state index contributed by atoms with van der Waals surface area (Å²) in [5, 5.41) is 8.82. The molecule has 3 aromatic rings. The van der Waals surface area contributed by atoms with Gasteiger partial charge in [-0.25, -0.2) is 0 Å². The van der Waals surface area contributed by atoms with Gasteiger partial charge in [0.05, 0.1) is 22.2 Å². The van der Waals surface area contributed by atoms with E-state index in [4.69, 9.17) is 23.2 Å². The van der Waals surface area contributed by atoms with Gasteiger partial charge < -0.3 is 16.0 Å². The Morgan fingerprint density at radius 3 is 2.60 bits per heavy atom. The number of H-pyrrole nitrogens is 1. The van der Waals surface area contributed by atoms with Gasteiger partial charge in [-0.05, 0) is 30.3 Å². The van der Waals surface area contributed by atoms with Crippen LogP contribution in [-0.4, -0.2) is 21.8 Å². The number of amides is 2. The van der Waals surface area contributed by atoms with Crippen LogP contribution in [0.4, 0.5) is 23.1 Å². The molecule has 8 nitrogen and oxygen atoms in total. The van der Waals surface area contributed by atoms with Crippen LogP contribution in [0.3, 0.4) is 0 Å². The van der Waals surface area contributed by atoms with E-state index in [-0.39, 0.29) is 28.8 Å². The van der Waals surface area contributed by atoms with Crippen molar-refractivity contribution in [3.05, 3.63) is 74.5 Å². The van der Waals surface area contributed by atoms with Crippen molar-refractivity contribution in [2.24, 2.45) is 0 Å². The minimum Gasteiger partial charge on any atom is -0.326 e. The highest BCUT2D eigenvalue weighted by Crippen LogP contribution is 2.32. The first-order chi connectivity index (χ1) is 14.4. The maximum atomic E-state index is 12.9. The van der Waals surface area contributed by atoms with Crippen LogP contribution < -0.4 is 21.5 Å². The second kappa shape index (κ2) is 8.17. The molecule has 0 saturated heterocycles. The SMILES string of the molecule is O=C1C[C@@H](C(=O)Nc2ccc(Cl)cc2Cl)c2c(nc(Nc3ccccc3)[nH]c2=O)N1. The summed E-state index contributed by atoms with van der Waals surface area (Å²) in [5.41, 5.74) is 0.580. The summed E-state index contributed by atoms with van der Waals surface area (Å²) in [5.74, 6) is -1.81. The summed E-state index contributed by atoms with van der Waals surface area (Å²) >= 11 is 12.0. The molecular weight excluding hydrogens is 429 g/mol. The van der Waals surface area contributed by atoms with E-state index in [2.05, 4.69) is 25.9 Å². The topological polar surface area (TPSA) is 116 Å². The molecule has 0 aliphatic carbocycles. The summed E-state index contributed by atoms with van der Waals surface area (Å²) < 4.78 is 0. The van der Waals surface area contributed by atoms with E-state index in [1.165, 1.54) is 6.07 Å². The highest BCUT2D eigenvalue weighted by atomic mass is 35.5. The molecule has 2 heterocycles. The van der Waals surface area contributed by atoms with E-state index in [1.54, 1.807) is 24.3 Å². The number of carbonyl (C=O) groups is 2. The van der Waals surface area contributed by atoms with Crippen molar-refractivity contribution in [3.63, 3.8) is 0 Å². The highest BCUT2D eigenvalue weighted by Gasteiger charge is 2.35. The molecule has 0 radical (unpaired) electrons. The molecule has 1 atom stereocenters. The standard InChI is InChI=1S/C20H15Cl2N5O3/c21-10-6-7-14(13(22)8-10)24-18(29)12-9-15(28)25-17-16(12)19(30)27-20(26-17)23-11-4-2-1-3-5-11/h1-8,12H,9H2,(H,24,29)(H3,23,25,26,27,28,30)/t12-/m1/s1. The van der Waals surface area contributed by atoms with Gasteiger partial charge >= 0.3 is 0 Å². The maximum Gasteiger partial charge on any atom is 0.258 e. The van der Waals surface area contributed by atoms with Crippen LogP contribution >= 0.6 is 23.2 Å². The Kier molecular flexibility index (Phi) is 5.43. The van der Waals surface area contributed by atoms with Gasteiger partial charge in [0.15, 0.2) is 0 Å². The van der Waals surface area contributed by atoms with E-state index >= 15 is 0 Å². The van der Waals surface area contributed by atoms with Gasteiger partial charge in [0, 0.05) is 17.1 Å². The first-order valence-electron chi connectivity index (χ1n) is 8.93. The predicted octanol–water partition coefficient (Wildman–Crippen LogP) is 3.88. The van der Waals surface area contributed by atoms with E-state index in [9.17, 15) is 14.4 Å². The lowest BCUT2D eigenvalue weighted by atomic mass is 9.92. The van der Waals surface area contributed by atoms with E-state index in [1.807, 2.05) is 18.2 Å². The fourth-order valence-corrected chi connectivity index (χ4v) is 3.58. The molecule has 1 aromatic heterocycles. The lowest BCUT2D eigenvalue weighted by molar-refractivity contribution is -0.123. The van der Waals surface area contributed by atoms with Crippen LogP contribution in [0.25, 0.3) is 0 Å². The second-order valence-electron chi connectivity index (χ2n) is 6.59. The quantitative estimate of drug-likeness (QED) is 0.488. The third-order valence-electron chi connectivity index (χ3n) is 4.49. The molecule has 4 rings (SSSR count). The number of aromatic amines is 1. The zero-order valence-electron chi connectivity index (χ0n) is 15.3. The zero-order valence-corrected chi connectivity index (χ0v) is 16.8. The number of hydrogen-bond acceptors (Lipinski definition) is 5. The number of fused-ring (bicyclic) bond motifs is 1. The summed E-state index contributed by atoms with van der Waals surface area (Å²) in [6, 6.07) is 13.7. The molecule has 1 aliphatic heterocycles. The molecule has 0 unspecified atom stereocenters. The molecule has 0 saturated carbocycles. The van der Waals surface area contributed by atoms with Crippen LogP contribution in [-0.2, 0) is 9.59 Å². The number of aromatic nitrogens is 2. The number of anilines is 4. The Bertz CT molecular complexity index is 1200. The molecule has 10 heteroatoms. The number of benzene rings is 2. The number of halogens is 2. The summed E-state index contributed by atoms with van der Waals surface area (Å²) in [6.07, 6.45) is -0.194. The van der Waals surface area contributed by atoms with Crippen LogP contribution in [0.5, 0.6) is 0 Å². The van der Waals surface area contributed by atoms with Gasteiger partial charge in [-0.1, -0.05) is 41.4 Å². The highest BCUT2D eigenvalue weighted by molar-refractivity contribution is 6.36. The Hall–Kier alpha value is -3.36. The monoisotopic (exact) mass is 443 g/mol. The molecule has 2 amide bonds. The number of para-hydroxylation sites is 1. The van der Waals surface area contributed by atoms with Crippen molar-refractivity contribution < 1.29 is 9.59 Å². The van der Waals surface area contributed by atoms with Crippen LogP contribution in [0.2, 0.25) is 10.0 Å². The van der Waals surface area contributed by atoms with Crippen LogP contribution in [0.1, 0.15) is 17.9 Å². The molecule has 152 valence electrons. The average Bonchev–Trinajstić information content (AvgIpc) is 2.70. The van der Waals surface area contributed by atoms with Gasteiger partial charge in [0.25, 0.3) is 5.56 Å². The van der Waals surface area contributed by atoms with Crippen molar-refractivity contribution in [1.29, 1.82) is 0 Å². The minimum atomic E-state index is -1.03. The number of rotatable bonds is 4. The van der Waals surface area contributed by atoms with Crippen molar-refractivity contribution in [2.45, 2.75) is 12.3 Å². The van der Waals surface area contributed by atoms with Crippen LogP contribution in [0.15, 0.2) is 53.3 Å². The fourth-order valence-electron chi connectivity index (χ4n) is 3.12. The van der Waals surface area contributed by atoms with Gasteiger partial charge in [-0.2, -0.15) is 4.98 Å². The van der Waals surface area contributed by atoms with Crippen molar-refractivity contribution in [1.82, 2.24) is 9.97 Å². The minimum absolute atomic E-state index is 0.0378. The Labute approximate surface area is 180 Å². The normalized spacial score (nSPS) is 15.1. The van der Waals surface area contributed by atoms with E-state index in [0.717, 1.165) is 0 Å². The number of nitrogens with one attached hydrogen (secondary N) is 4. The van der Waals surface area contributed by atoms with Crippen molar-refractivity contribution >= 4 is 58.2 Å². The molecule has 0 spiro atoms. The van der Waals surface area contributed by atoms with Crippen molar-refractivity contribution in [3.8, 4) is 0 Å². The lowest BCUT2D eigenvalue weighted by Gasteiger charge is -2.24. The van der Waals surface area contributed by atoms with Gasteiger partial charge in [0.2, 0.25) is 17.8 Å². The van der Waals surface area contributed by atoms with E-state index < -0.39 is 23.3 Å². The fraction of sp³-hybridized carbons (Fsp3) is 0.100. The lowest BCUT2D eigenvalue weighted by Crippen LogP contribution is -2.36.